The molecule has 4 heteroatoms. The number of carbonyl (C=O) groups excluding carboxylic acids is 1. The lowest BCUT2D eigenvalue weighted by atomic mass is 9.98. The first-order valence-corrected chi connectivity index (χ1v) is 7.34. The summed E-state index contributed by atoms with van der Waals surface area (Å²) >= 11 is 1.39. The van der Waals surface area contributed by atoms with Crippen molar-refractivity contribution in [1.82, 2.24) is 0 Å². The summed E-state index contributed by atoms with van der Waals surface area (Å²) < 4.78 is 5.04. The molecule has 0 unspecified atom stereocenters. The molecule has 0 atom stereocenters. The van der Waals surface area contributed by atoms with E-state index in [1.165, 1.54) is 22.5 Å². The van der Waals surface area contributed by atoms with Gasteiger partial charge in [-0.3, -0.25) is 0 Å². The largest absolute Gasteiger partial charge is 0.449 e. The van der Waals surface area contributed by atoms with Crippen LogP contribution in [-0.4, -0.2) is 12.6 Å². The number of ether oxygens (including phenoxy) is 1. The molecule has 21 heavy (non-hydrogen) atoms. The van der Waals surface area contributed by atoms with E-state index >= 15 is 0 Å². The van der Waals surface area contributed by atoms with Crippen LogP contribution in [0.5, 0.6) is 0 Å². The van der Waals surface area contributed by atoms with Gasteiger partial charge in [0.2, 0.25) is 0 Å². The van der Waals surface area contributed by atoms with Gasteiger partial charge in [0.1, 0.15) is 10.6 Å². The van der Waals surface area contributed by atoms with E-state index in [0.717, 1.165) is 16.0 Å². The number of rotatable bonds is 3. The van der Waals surface area contributed by atoms with Crippen LogP contribution in [0.2, 0.25) is 0 Å². The molecule has 0 aliphatic heterocycles. The molecule has 2 aromatic rings. The number of aryl methyl sites for hydroxylation is 3. The normalized spacial score (nSPS) is 10.2. The van der Waals surface area contributed by atoms with Gasteiger partial charge >= 0.3 is 5.97 Å². The van der Waals surface area contributed by atoms with Gasteiger partial charge in [-0.15, -0.1) is 17.8 Å². The number of esters is 1. The van der Waals surface area contributed by atoms with Gasteiger partial charge in [-0.2, -0.15) is 0 Å². The lowest BCUT2D eigenvalue weighted by Gasteiger charge is -2.08. The van der Waals surface area contributed by atoms with Crippen molar-refractivity contribution < 1.29 is 9.53 Å². The van der Waals surface area contributed by atoms with E-state index in [-0.39, 0.29) is 6.61 Å². The Balaban J connectivity index is 2.55. The molecule has 2 rings (SSSR count). The fourth-order valence-corrected chi connectivity index (χ4v) is 3.13. The Morgan fingerprint density at radius 2 is 2.05 bits per heavy atom. The van der Waals surface area contributed by atoms with Crippen LogP contribution < -0.4 is 5.73 Å². The number of anilines is 1. The fraction of sp³-hybridized carbons (Fsp3) is 0.235. The molecule has 0 fully saturated rings. The summed E-state index contributed by atoms with van der Waals surface area (Å²) in [5.74, 6) is 1.82. The third kappa shape index (κ3) is 2.93. The molecule has 0 bridgehead atoms. The van der Waals surface area contributed by atoms with Crippen molar-refractivity contribution in [2.75, 3.05) is 12.3 Å². The van der Waals surface area contributed by atoms with E-state index in [9.17, 15) is 4.79 Å². The third-order valence-electron chi connectivity index (χ3n) is 3.40. The molecule has 108 valence electrons. The van der Waals surface area contributed by atoms with Crippen LogP contribution in [0.25, 0.3) is 11.1 Å². The summed E-state index contributed by atoms with van der Waals surface area (Å²) in [5, 5.41) is 0.461. The van der Waals surface area contributed by atoms with E-state index in [2.05, 4.69) is 18.9 Å². The molecule has 0 saturated carbocycles. The van der Waals surface area contributed by atoms with Crippen molar-refractivity contribution in [3.8, 4) is 23.5 Å². The van der Waals surface area contributed by atoms with Crippen LogP contribution >= 0.6 is 11.3 Å². The molecule has 3 nitrogen and oxygen atoms in total. The Morgan fingerprint density at radius 3 is 2.67 bits per heavy atom. The Hall–Kier alpha value is -2.25. The Bertz CT molecular complexity index is 738. The smallest absolute Gasteiger partial charge is 0.342 e. The number of nitrogens with two attached hydrogens (primary N) is 1. The van der Waals surface area contributed by atoms with Crippen LogP contribution in [0.1, 0.15) is 26.4 Å². The molecule has 1 aromatic carbocycles. The Labute approximate surface area is 128 Å². The summed E-state index contributed by atoms with van der Waals surface area (Å²) in [6.07, 6.45) is 5.13. The first-order valence-electron chi connectivity index (χ1n) is 6.52. The average Bonchev–Trinajstić information content (AvgIpc) is 2.74. The van der Waals surface area contributed by atoms with Crippen molar-refractivity contribution in [1.29, 1.82) is 0 Å². The monoisotopic (exact) mass is 299 g/mol. The minimum atomic E-state index is -0.469. The molecule has 1 aromatic heterocycles. The van der Waals surface area contributed by atoms with Crippen LogP contribution in [0, 0.1) is 33.1 Å². The lowest BCUT2D eigenvalue weighted by Crippen LogP contribution is -2.08. The van der Waals surface area contributed by atoms with Gasteiger partial charge in [-0.1, -0.05) is 24.1 Å². The maximum atomic E-state index is 12.2. The summed E-state index contributed by atoms with van der Waals surface area (Å²) in [6, 6.07) is 6.09. The Kier molecular flexibility index (Phi) is 4.35. The Morgan fingerprint density at radius 1 is 1.33 bits per heavy atom. The highest BCUT2D eigenvalue weighted by Crippen LogP contribution is 2.39. The number of carbonyl (C=O) groups is 1. The quantitative estimate of drug-likeness (QED) is 0.694. The summed E-state index contributed by atoms with van der Waals surface area (Å²) in [5.41, 5.74) is 10.6. The molecule has 0 spiro atoms. The van der Waals surface area contributed by atoms with Gasteiger partial charge in [-0.25, -0.2) is 4.79 Å². The summed E-state index contributed by atoms with van der Waals surface area (Å²) in [7, 11) is 0. The summed E-state index contributed by atoms with van der Waals surface area (Å²) in [6.45, 7) is 5.99. The molecule has 1 heterocycles. The molecule has 2 N–H and O–H groups in total. The third-order valence-corrected chi connectivity index (χ3v) is 4.33. The minimum absolute atomic E-state index is 0.0560. The first kappa shape index (κ1) is 15.1. The molecule has 0 aliphatic carbocycles. The van der Waals surface area contributed by atoms with Crippen molar-refractivity contribution in [2.45, 2.75) is 20.8 Å². The van der Waals surface area contributed by atoms with Crippen molar-refractivity contribution in [2.24, 2.45) is 0 Å². The van der Waals surface area contributed by atoms with Gasteiger partial charge in [0.15, 0.2) is 6.61 Å². The molecule has 0 aliphatic rings. The van der Waals surface area contributed by atoms with Crippen molar-refractivity contribution in [3.63, 3.8) is 0 Å². The number of thiophene rings is 1. The highest BCUT2D eigenvalue weighted by Gasteiger charge is 2.23. The minimum Gasteiger partial charge on any atom is -0.449 e. The van der Waals surface area contributed by atoms with E-state index in [0.29, 0.717) is 10.6 Å². The maximum Gasteiger partial charge on any atom is 0.342 e. The lowest BCUT2D eigenvalue weighted by molar-refractivity contribution is 0.0559. The van der Waals surface area contributed by atoms with Crippen LogP contribution in [0.15, 0.2) is 18.2 Å². The number of hydrogen-bond donors (Lipinski definition) is 1. The number of hydrogen-bond acceptors (Lipinski definition) is 4. The van der Waals surface area contributed by atoms with Gasteiger partial charge < -0.3 is 10.5 Å². The topological polar surface area (TPSA) is 52.3 Å². The van der Waals surface area contributed by atoms with Gasteiger partial charge in [0.25, 0.3) is 0 Å². The van der Waals surface area contributed by atoms with E-state index < -0.39 is 5.97 Å². The predicted octanol–water partition coefficient (Wildman–Crippen LogP) is 3.71. The standard InChI is InChI=1S/C17H17NO2S/c1-5-8-20-17(19)15-14(12(4)21-16(15)18)13-7-6-10(2)11(3)9-13/h1,6-7,9H,8,18H2,2-4H3. The van der Waals surface area contributed by atoms with Crippen molar-refractivity contribution >= 4 is 22.3 Å². The molecule has 0 saturated heterocycles. The maximum absolute atomic E-state index is 12.2. The van der Waals surface area contributed by atoms with Gasteiger partial charge in [-0.05, 0) is 37.5 Å². The van der Waals surface area contributed by atoms with E-state index in [4.69, 9.17) is 16.9 Å². The first-order chi connectivity index (χ1) is 9.95. The van der Waals surface area contributed by atoms with E-state index in [1.807, 2.05) is 26.0 Å². The molecule has 0 amide bonds. The summed E-state index contributed by atoms with van der Waals surface area (Å²) in [4.78, 5) is 13.2. The highest BCUT2D eigenvalue weighted by atomic mass is 32.1. The highest BCUT2D eigenvalue weighted by molar-refractivity contribution is 7.16. The fourth-order valence-electron chi connectivity index (χ4n) is 2.19. The van der Waals surface area contributed by atoms with Crippen molar-refractivity contribution in [3.05, 3.63) is 39.8 Å². The molecular formula is C17H17NO2S. The zero-order valence-corrected chi connectivity index (χ0v) is 13.1. The second-order valence-electron chi connectivity index (χ2n) is 4.85. The number of terminal acetylenes is 1. The zero-order chi connectivity index (χ0) is 15.6. The van der Waals surface area contributed by atoms with E-state index in [1.54, 1.807) is 0 Å². The second-order valence-corrected chi connectivity index (χ2v) is 6.11. The zero-order valence-electron chi connectivity index (χ0n) is 12.3. The average molecular weight is 299 g/mol. The predicted molar refractivity (Wildman–Crippen MR) is 87.5 cm³/mol. The molecule has 0 radical (unpaired) electrons. The van der Waals surface area contributed by atoms with Gasteiger partial charge in [0, 0.05) is 10.4 Å². The second kappa shape index (κ2) is 6.02. The van der Waals surface area contributed by atoms with Crippen LogP contribution in [0.3, 0.4) is 0 Å². The number of benzene rings is 1. The van der Waals surface area contributed by atoms with Gasteiger partial charge in [0.05, 0.1) is 0 Å². The number of nitrogen functional groups attached to an aromatic ring is 1. The van der Waals surface area contributed by atoms with Crippen LogP contribution in [-0.2, 0) is 4.74 Å². The molecular weight excluding hydrogens is 282 g/mol. The SMILES string of the molecule is C#CCOC(=O)c1c(N)sc(C)c1-c1ccc(C)c(C)c1. The van der Waals surface area contributed by atoms with Crippen LogP contribution in [0.4, 0.5) is 5.00 Å².